The summed E-state index contributed by atoms with van der Waals surface area (Å²) < 4.78 is 5.42. The van der Waals surface area contributed by atoms with Gasteiger partial charge in [0.2, 0.25) is 0 Å². The zero-order valence-corrected chi connectivity index (χ0v) is 21.3. The molecule has 7 nitrogen and oxygen atoms in total. The molecule has 0 spiro atoms. The fourth-order valence-corrected chi connectivity index (χ4v) is 3.31. The van der Waals surface area contributed by atoms with E-state index in [1.54, 1.807) is 18.4 Å². The van der Waals surface area contributed by atoms with Crippen LogP contribution >= 0.6 is 35.3 Å². The zero-order chi connectivity index (χ0) is 20.5. The first-order chi connectivity index (χ1) is 12.6. The van der Waals surface area contributed by atoms with Gasteiger partial charge in [0.15, 0.2) is 5.96 Å². The van der Waals surface area contributed by atoms with Gasteiger partial charge in [-0.25, -0.2) is 9.78 Å². The molecule has 0 aromatic carbocycles. The lowest BCUT2D eigenvalue weighted by Gasteiger charge is -2.34. The Morgan fingerprint density at radius 1 is 1.25 bits per heavy atom. The first-order valence-corrected chi connectivity index (χ1v) is 10.3. The van der Waals surface area contributed by atoms with E-state index >= 15 is 0 Å². The number of carbonyl (C=O) groups excluding carboxylic acids is 1. The topological polar surface area (TPSA) is 87.6 Å². The van der Waals surface area contributed by atoms with E-state index in [0.717, 1.165) is 30.8 Å². The molecule has 0 aliphatic rings. The van der Waals surface area contributed by atoms with Crippen LogP contribution in [0.25, 0.3) is 0 Å². The van der Waals surface area contributed by atoms with Gasteiger partial charge in [-0.2, -0.15) is 0 Å². The fourth-order valence-electron chi connectivity index (χ4n) is 2.52. The first kappa shape index (κ1) is 26.9. The van der Waals surface area contributed by atoms with E-state index in [-0.39, 0.29) is 24.0 Å². The van der Waals surface area contributed by atoms with Crippen molar-refractivity contribution in [2.24, 2.45) is 4.99 Å². The maximum absolute atomic E-state index is 12.2. The van der Waals surface area contributed by atoms with Gasteiger partial charge in [0.1, 0.15) is 5.60 Å². The molecule has 0 saturated carbocycles. The van der Waals surface area contributed by atoms with E-state index in [0.29, 0.717) is 12.5 Å². The number of aromatic nitrogens is 1. The van der Waals surface area contributed by atoms with Crippen molar-refractivity contribution in [2.75, 3.05) is 20.1 Å². The van der Waals surface area contributed by atoms with Crippen molar-refractivity contribution in [1.29, 1.82) is 0 Å². The Bertz CT molecular complexity index is 624. The molecule has 162 valence electrons. The molecule has 0 saturated heterocycles. The van der Waals surface area contributed by atoms with E-state index in [1.807, 2.05) is 27.0 Å². The normalized spacial score (nSPS) is 12.2. The van der Waals surface area contributed by atoms with Crippen LogP contribution in [-0.4, -0.2) is 48.3 Å². The van der Waals surface area contributed by atoms with E-state index in [1.165, 1.54) is 4.88 Å². The molecule has 1 aromatic heterocycles. The highest BCUT2D eigenvalue weighted by Gasteiger charge is 2.30. The Morgan fingerprint density at radius 2 is 1.89 bits per heavy atom. The van der Waals surface area contributed by atoms with Gasteiger partial charge in [-0.1, -0.05) is 13.8 Å². The van der Waals surface area contributed by atoms with Gasteiger partial charge >= 0.3 is 6.09 Å². The lowest BCUT2D eigenvalue weighted by Crippen LogP contribution is -2.57. The average molecular weight is 526 g/mol. The minimum absolute atomic E-state index is 0. The number of halogens is 1. The monoisotopic (exact) mass is 525 g/mol. The van der Waals surface area contributed by atoms with Crippen molar-refractivity contribution in [3.05, 3.63) is 16.1 Å². The summed E-state index contributed by atoms with van der Waals surface area (Å²) >= 11 is 1.71. The van der Waals surface area contributed by atoms with E-state index < -0.39 is 17.2 Å². The highest BCUT2D eigenvalue weighted by Crippen LogP contribution is 2.16. The van der Waals surface area contributed by atoms with Crippen LogP contribution in [0, 0.1) is 6.92 Å². The van der Waals surface area contributed by atoms with Gasteiger partial charge in [0.25, 0.3) is 0 Å². The smallest absolute Gasteiger partial charge is 0.408 e. The lowest BCUT2D eigenvalue weighted by atomic mass is 9.93. The van der Waals surface area contributed by atoms with Crippen LogP contribution in [-0.2, 0) is 11.2 Å². The van der Waals surface area contributed by atoms with Crippen LogP contribution < -0.4 is 16.0 Å². The second-order valence-corrected chi connectivity index (χ2v) is 8.90. The Morgan fingerprint density at radius 3 is 2.36 bits per heavy atom. The number of hydrogen-bond donors (Lipinski definition) is 3. The molecule has 0 fully saturated rings. The third kappa shape index (κ3) is 9.90. The molecule has 0 atom stereocenters. The number of amides is 1. The van der Waals surface area contributed by atoms with Gasteiger partial charge in [0, 0.05) is 37.6 Å². The predicted molar refractivity (Wildman–Crippen MR) is 128 cm³/mol. The molecule has 0 unspecified atom stereocenters. The molecule has 0 bridgehead atoms. The Labute approximate surface area is 190 Å². The number of nitrogens with one attached hydrogen (secondary N) is 3. The molecule has 3 N–H and O–H groups in total. The number of carbonyl (C=O) groups is 1. The molecule has 9 heteroatoms. The van der Waals surface area contributed by atoms with Crippen LogP contribution in [0.5, 0.6) is 0 Å². The second kappa shape index (κ2) is 12.5. The van der Waals surface area contributed by atoms with Gasteiger partial charge in [-0.3, -0.25) is 4.99 Å². The molecule has 0 radical (unpaired) electrons. The van der Waals surface area contributed by atoms with Gasteiger partial charge in [-0.05, 0) is 40.5 Å². The number of aliphatic imine (C=N–C) groups is 1. The van der Waals surface area contributed by atoms with Crippen LogP contribution in [0.4, 0.5) is 4.79 Å². The van der Waals surface area contributed by atoms with Crippen molar-refractivity contribution >= 4 is 47.4 Å². The summed E-state index contributed by atoms with van der Waals surface area (Å²) in [4.78, 5) is 22.1. The number of ether oxygens (including phenoxy) is 1. The highest BCUT2D eigenvalue weighted by atomic mass is 127. The molecule has 1 heterocycles. The molecule has 0 aliphatic heterocycles. The number of nitrogens with zero attached hydrogens (tertiary/aromatic N) is 2. The van der Waals surface area contributed by atoms with E-state index in [9.17, 15) is 4.79 Å². The Hall–Kier alpha value is -1.10. The molecular formula is C19H36IN5O2S. The van der Waals surface area contributed by atoms with Gasteiger partial charge in [0.05, 0.1) is 10.5 Å². The van der Waals surface area contributed by atoms with Crippen molar-refractivity contribution in [1.82, 2.24) is 20.9 Å². The fraction of sp³-hybridized carbons (Fsp3) is 0.737. The van der Waals surface area contributed by atoms with E-state index in [4.69, 9.17) is 4.74 Å². The quantitative estimate of drug-likeness (QED) is 0.273. The van der Waals surface area contributed by atoms with Crippen molar-refractivity contribution in [2.45, 2.75) is 71.9 Å². The molecule has 1 aromatic rings. The third-order valence-corrected chi connectivity index (χ3v) is 5.21. The molecule has 1 rings (SSSR count). The SMILES string of the molecule is CCC(CC)(CNC(=NC)NCCc1ncc(C)s1)NC(=O)OC(C)(C)C.I. The zero-order valence-electron chi connectivity index (χ0n) is 18.1. The second-order valence-electron chi connectivity index (χ2n) is 7.58. The summed E-state index contributed by atoms with van der Waals surface area (Å²) in [7, 11) is 1.74. The van der Waals surface area contributed by atoms with Gasteiger partial charge in [-0.15, -0.1) is 35.3 Å². The summed E-state index contributed by atoms with van der Waals surface area (Å²) in [5.74, 6) is 0.709. The van der Waals surface area contributed by atoms with Crippen LogP contribution in [0.2, 0.25) is 0 Å². The van der Waals surface area contributed by atoms with Crippen molar-refractivity contribution < 1.29 is 9.53 Å². The number of rotatable bonds is 8. The number of thiazole rings is 1. The van der Waals surface area contributed by atoms with E-state index in [2.05, 4.69) is 46.7 Å². The standard InChI is InChI=1S/C19H35N5O2S.HI/c1-8-19(9-2,24-17(25)26-18(4,5)6)13-23-16(20-7)21-11-10-15-22-12-14(3)27-15;/h12H,8-11,13H2,1-7H3,(H,24,25)(H2,20,21,23);1H. The maximum atomic E-state index is 12.2. The summed E-state index contributed by atoms with van der Waals surface area (Å²) in [5.41, 5.74) is -0.914. The summed E-state index contributed by atoms with van der Waals surface area (Å²) in [6.07, 6.45) is 3.92. The third-order valence-electron chi connectivity index (χ3n) is 4.24. The lowest BCUT2D eigenvalue weighted by molar-refractivity contribution is 0.0448. The minimum atomic E-state index is -0.517. The summed E-state index contributed by atoms with van der Waals surface area (Å²) in [6, 6.07) is 0. The number of alkyl carbamates (subject to hydrolysis) is 1. The first-order valence-electron chi connectivity index (χ1n) is 9.50. The minimum Gasteiger partial charge on any atom is -0.444 e. The van der Waals surface area contributed by atoms with Crippen molar-refractivity contribution in [3.63, 3.8) is 0 Å². The largest absolute Gasteiger partial charge is 0.444 e. The van der Waals surface area contributed by atoms with Gasteiger partial charge < -0.3 is 20.7 Å². The summed E-state index contributed by atoms with van der Waals surface area (Å²) in [6.45, 7) is 13.1. The molecule has 28 heavy (non-hydrogen) atoms. The molecule has 0 aliphatic carbocycles. The summed E-state index contributed by atoms with van der Waals surface area (Å²) in [5, 5.41) is 10.8. The number of hydrogen-bond acceptors (Lipinski definition) is 5. The maximum Gasteiger partial charge on any atom is 0.408 e. The average Bonchev–Trinajstić information content (AvgIpc) is 3.00. The molecule has 1 amide bonds. The van der Waals surface area contributed by atoms with Crippen molar-refractivity contribution in [3.8, 4) is 0 Å². The Kier molecular flexibility index (Phi) is 12.0. The van der Waals surface area contributed by atoms with Crippen LogP contribution in [0.1, 0.15) is 57.3 Å². The van der Waals surface area contributed by atoms with Crippen LogP contribution in [0.3, 0.4) is 0 Å². The number of aryl methyl sites for hydroxylation is 1. The molecular weight excluding hydrogens is 489 g/mol. The van der Waals surface area contributed by atoms with Crippen LogP contribution in [0.15, 0.2) is 11.2 Å². The highest BCUT2D eigenvalue weighted by molar-refractivity contribution is 14.0. The Balaban J connectivity index is 0.00000729. The number of guanidine groups is 1. The predicted octanol–water partition coefficient (Wildman–Crippen LogP) is 3.86.